The molecule has 0 saturated heterocycles. The maximum absolute atomic E-state index is 11.9. The summed E-state index contributed by atoms with van der Waals surface area (Å²) in [5.74, 6) is -1.67. The molecule has 0 radical (unpaired) electrons. The molecule has 0 aliphatic carbocycles. The lowest BCUT2D eigenvalue weighted by Gasteiger charge is -2.14. The van der Waals surface area contributed by atoms with Crippen LogP contribution in [-0.2, 0) is 19.4 Å². The first-order chi connectivity index (χ1) is 16.4. The molecule has 2 aliphatic heterocycles. The molecule has 10 nitrogen and oxygen atoms in total. The zero-order chi connectivity index (χ0) is 24.8. The van der Waals surface area contributed by atoms with Gasteiger partial charge in [0.1, 0.15) is 24.3 Å². The van der Waals surface area contributed by atoms with E-state index in [-0.39, 0.29) is 35.9 Å². The number of fused-ring (bicyclic) bond motifs is 2. The average Bonchev–Trinajstić information content (AvgIpc) is 3.45. The molecule has 170 valence electrons. The second kappa shape index (κ2) is 11.4. The summed E-state index contributed by atoms with van der Waals surface area (Å²) < 4.78 is 11.6. The lowest BCUT2D eigenvalue weighted by Crippen LogP contribution is -2.08. The van der Waals surface area contributed by atoms with Crippen LogP contribution < -0.4 is 9.47 Å². The summed E-state index contributed by atoms with van der Waals surface area (Å²) in [4.78, 5) is 35.0. The smallest absolute Gasteiger partial charge is 0.416 e. The number of thioether (sulfide) groups is 4. The van der Waals surface area contributed by atoms with Crippen LogP contribution in [0.2, 0.25) is 0 Å². The SMILES string of the molecule is CCOOC/C(C#N)=C1/Sc2c(OC(C)=O)c3c(c(OC(=O)C#N)c2S1)SC(=C(C#N)C#N)S3. The lowest BCUT2D eigenvalue weighted by atomic mass is 10.3. The number of hydrogen-bond donors (Lipinski definition) is 0. The monoisotopic (exact) mass is 530 g/mol. The molecule has 0 atom stereocenters. The third kappa shape index (κ3) is 5.19. The molecule has 1 aromatic carbocycles. The Morgan fingerprint density at radius 2 is 1.29 bits per heavy atom. The van der Waals surface area contributed by atoms with Gasteiger partial charge >= 0.3 is 11.9 Å². The van der Waals surface area contributed by atoms with E-state index in [4.69, 9.17) is 24.5 Å². The molecular formula is C20H10N4O6S4. The highest BCUT2D eigenvalue weighted by Crippen LogP contribution is 2.68. The molecule has 34 heavy (non-hydrogen) atoms. The van der Waals surface area contributed by atoms with Crippen LogP contribution in [0, 0.1) is 45.3 Å². The van der Waals surface area contributed by atoms with Crippen LogP contribution in [0.15, 0.2) is 39.2 Å². The third-order valence-corrected chi connectivity index (χ3v) is 9.04. The number of nitriles is 4. The zero-order valence-corrected chi connectivity index (χ0v) is 20.6. The molecule has 0 bridgehead atoms. The highest BCUT2D eigenvalue weighted by molar-refractivity contribution is 8.26. The van der Waals surface area contributed by atoms with E-state index in [9.17, 15) is 25.4 Å². The minimum atomic E-state index is -1.18. The first kappa shape index (κ1) is 25.5. The Morgan fingerprint density at radius 1 is 0.765 bits per heavy atom. The molecule has 0 amide bonds. The Morgan fingerprint density at radius 3 is 1.74 bits per heavy atom. The largest absolute Gasteiger partial charge is 0.424 e. The fourth-order valence-electron chi connectivity index (χ4n) is 2.51. The van der Waals surface area contributed by atoms with Crippen molar-refractivity contribution in [2.45, 2.75) is 33.4 Å². The third-order valence-electron chi connectivity index (χ3n) is 3.76. The van der Waals surface area contributed by atoms with Gasteiger partial charge in [-0.25, -0.2) is 14.6 Å². The van der Waals surface area contributed by atoms with Gasteiger partial charge in [0, 0.05) is 6.92 Å². The Kier molecular flexibility index (Phi) is 8.54. The van der Waals surface area contributed by atoms with E-state index in [1.807, 2.05) is 6.07 Å². The average molecular weight is 531 g/mol. The second-order valence-corrected chi connectivity index (χ2v) is 10.5. The number of rotatable bonds is 6. The Labute approximate surface area is 210 Å². The molecule has 3 rings (SSSR count). The van der Waals surface area contributed by atoms with E-state index in [2.05, 4.69) is 0 Å². The van der Waals surface area contributed by atoms with Crippen molar-refractivity contribution in [3.05, 3.63) is 19.6 Å². The Bertz CT molecular complexity index is 1310. The van der Waals surface area contributed by atoms with Crippen LogP contribution in [0.1, 0.15) is 13.8 Å². The van der Waals surface area contributed by atoms with Crippen LogP contribution in [0.5, 0.6) is 11.5 Å². The molecule has 0 aromatic heterocycles. The highest BCUT2D eigenvalue weighted by Gasteiger charge is 2.39. The molecule has 2 aliphatic rings. The van der Waals surface area contributed by atoms with Crippen LogP contribution in [0.25, 0.3) is 0 Å². The van der Waals surface area contributed by atoms with E-state index < -0.39 is 11.9 Å². The van der Waals surface area contributed by atoms with Gasteiger partial charge in [-0.1, -0.05) is 47.0 Å². The van der Waals surface area contributed by atoms with Gasteiger partial charge < -0.3 is 9.47 Å². The fraction of sp³-hybridized carbons (Fsp3) is 0.200. The minimum absolute atomic E-state index is 0.00528. The van der Waals surface area contributed by atoms with Gasteiger partial charge in [0.2, 0.25) is 0 Å². The maximum Gasteiger partial charge on any atom is 0.416 e. The Hall–Kier alpha value is -3.08. The quantitative estimate of drug-likeness (QED) is 0.0965. The number of nitrogens with zero attached hydrogens (tertiary/aromatic N) is 4. The number of esters is 2. The summed E-state index contributed by atoms with van der Waals surface area (Å²) in [6.45, 7) is 3.07. The predicted octanol–water partition coefficient (Wildman–Crippen LogP) is 4.40. The van der Waals surface area contributed by atoms with Crippen molar-refractivity contribution >= 4 is 59.0 Å². The van der Waals surface area contributed by atoms with E-state index >= 15 is 0 Å². The van der Waals surface area contributed by atoms with Gasteiger partial charge in [-0.15, -0.1) is 0 Å². The first-order valence-corrected chi connectivity index (χ1v) is 12.3. The predicted molar refractivity (Wildman–Crippen MR) is 121 cm³/mol. The van der Waals surface area contributed by atoms with Gasteiger partial charge in [0.25, 0.3) is 0 Å². The number of benzene rings is 1. The highest BCUT2D eigenvalue weighted by atomic mass is 32.2. The number of carbonyl (C=O) groups excluding carboxylic acids is 2. The van der Waals surface area contributed by atoms with Gasteiger partial charge in [0.05, 0.1) is 46.3 Å². The van der Waals surface area contributed by atoms with Crippen molar-refractivity contribution in [3.63, 3.8) is 0 Å². The van der Waals surface area contributed by atoms with Crippen molar-refractivity contribution in [2.75, 3.05) is 13.2 Å². The zero-order valence-electron chi connectivity index (χ0n) is 17.3. The maximum atomic E-state index is 11.9. The van der Waals surface area contributed by atoms with Crippen molar-refractivity contribution in [1.82, 2.24) is 0 Å². The summed E-state index contributed by atoms with van der Waals surface area (Å²) in [5, 5.41) is 37.1. The van der Waals surface area contributed by atoms with Gasteiger partial charge in [-0.3, -0.25) is 4.79 Å². The fourth-order valence-corrected chi connectivity index (χ4v) is 7.74. The number of allylic oxidation sites excluding steroid dienone is 1. The van der Waals surface area contributed by atoms with Crippen molar-refractivity contribution in [2.24, 2.45) is 0 Å². The van der Waals surface area contributed by atoms with Crippen LogP contribution in [-0.4, -0.2) is 25.2 Å². The summed E-state index contributed by atoms with van der Waals surface area (Å²) in [6.07, 6.45) is 0. The van der Waals surface area contributed by atoms with Crippen LogP contribution >= 0.6 is 47.0 Å². The van der Waals surface area contributed by atoms with E-state index in [1.165, 1.54) is 13.0 Å². The van der Waals surface area contributed by atoms with E-state index in [1.54, 1.807) is 19.1 Å². The van der Waals surface area contributed by atoms with Crippen LogP contribution in [0.3, 0.4) is 0 Å². The number of ether oxygens (including phenoxy) is 2. The summed E-state index contributed by atoms with van der Waals surface area (Å²) in [6, 6.07) is 7.02. The normalized spacial score (nSPS) is 14.6. The number of carbonyl (C=O) groups is 2. The standard InChI is InChI=1S/C20H10N4O6S4/c1-3-27-28-8-11(6-23)20-33-16-13(29-9(2)25)15-17(32-19(31-15)10(4-21)5-22)14(18(16)34-20)30-12(26)7-24/h3,8H2,1-2H3/b20-11-. The number of hydrogen-bond acceptors (Lipinski definition) is 14. The Balaban J connectivity index is 2.23. The van der Waals surface area contributed by atoms with Crippen molar-refractivity contribution < 1.29 is 28.8 Å². The lowest BCUT2D eigenvalue weighted by molar-refractivity contribution is -0.283. The molecule has 0 fully saturated rings. The summed E-state index contributed by atoms with van der Waals surface area (Å²) in [7, 11) is 0. The molecule has 0 N–H and O–H groups in total. The van der Waals surface area contributed by atoms with E-state index in [0.29, 0.717) is 28.1 Å². The molecule has 0 unspecified atom stereocenters. The molecule has 0 spiro atoms. The minimum Gasteiger partial charge on any atom is -0.424 e. The molecule has 2 heterocycles. The second-order valence-electron chi connectivity index (χ2n) is 5.91. The summed E-state index contributed by atoms with van der Waals surface area (Å²) >= 11 is 4.16. The van der Waals surface area contributed by atoms with Gasteiger partial charge in [-0.05, 0) is 6.92 Å². The van der Waals surface area contributed by atoms with E-state index in [0.717, 1.165) is 47.0 Å². The molecule has 0 saturated carbocycles. The molecular weight excluding hydrogens is 521 g/mol. The van der Waals surface area contributed by atoms with Crippen LogP contribution in [0.4, 0.5) is 0 Å². The van der Waals surface area contributed by atoms with Crippen molar-refractivity contribution in [1.29, 1.82) is 21.0 Å². The van der Waals surface area contributed by atoms with Gasteiger partial charge in [0.15, 0.2) is 17.6 Å². The first-order valence-electron chi connectivity index (χ1n) is 9.06. The molecule has 1 aromatic rings. The van der Waals surface area contributed by atoms with Crippen molar-refractivity contribution in [3.8, 4) is 35.8 Å². The molecule has 14 heteroatoms. The van der Waals surface area contributed by atoms with Gasteiger partial charge in [-0.2, -0.15) is 21.0 Å². The topological polar surface area (TPSA) is 166 Å². The summed E-state index contributed by atoms with van der Waals surface area (Å²) in [5.41, 5.74) is 0.0571.